The number of nitriles is 1. The zero-order valence-corrected chi connectivity index (χ0v) is 10.2. The van der Waals surface area contributed by atoms with E-state index in [1.165, 1.54) is 11.8 Å². The van der Waals surface area contributed by atoms with E-state index in [0.29, 0.717) is 0 Å². The van der Waals surface area contributed by atoms with E-state index in [2.05, 4.69) is 22.0 Å². The van der Waals surface area contributed by atoms with E-state index in [0.717, 1.165) is 15.6 Å². The first-order valence-electron chi connectivity index (χ1n) is 4.80. The largest absolute Gasteiger partial charge is 0.297 e. The molecule has 1 atom stereocenters. The molecule has 3 nitrogen and oxygen atoms in total. The van der Waals surface area contributed by atoms with E-state index in [-0.39, 0.29) is 5.91 Å². The minimum absolute atomic E-state index is 0.141. The third kappa shape index (κ3) is 1.63. The van der Waals surface area contributed by atoms with Crippen molar-refractivity contribution in [3.05, 3.63) is 41.6 Å². The average molecular weight is 277 g/mol. The molecule has 0 saturated heterocycles. The van der Waals surface area contributed by atoms with Crippen LogP contribution in [0.15, 0.2) is 30.5 Å². The molecule has 4 heteroatoms. The third-order valence-corrected chi connectivity index (χ3v) is 3.16. The smallest absolute Gasteiger partial charge is 0.224 e. The van der Waals surface area contributed by atoms with Gasteiger partial charge in [0.1, 0.15) is 6.04 Å². The molecule has 2 rings (SSSR count). The lowest BCUT2D eigenvalue weighted by Gasteiger charge is -2.29. The van der Waals surface area contributed by atoms with Crippen LogP contribution in [0.4, 0.5) is 0 Å². The van der Waals surface area contributed by atoms with E-state index < -0.39 is 6.04 Å². The molecule has 1 aromatic carbocycles. The van der Waals surface area contributed by atoms with Gasteiger partial charge in [-0.2, -0.15) is 5.26 Å². The molecule has 1 aliphatic rings. The maximum absolute atomic E-state index is 11.4. The second kappa shape index (κ2) is 4.11. The minimum Gasteiger partial charge on any atom is -0.297 e. The van der Waals surface area contributed by atoms with Gasteiger partial charge in [0.25, 0.3) is 0 Å². The fraction of sp³-hybridized carbons (Fsp3) is 0.167. The van der Waals surface area contributed by atoms with Crippen LogP contribution in [0, 0.1) is 11.3 Å². The van der Waals surface area contributed by atoms with E-state index in [1.807, 2.05) is 24.3 Å². The van der Waals surface area contributed by atoms with Crippen LogP contribution in [-0.4, -0.2) is 10.8 Å². The maximum atomic E-state index is 11.4. The van der Waals surface area contributed by atoms with Gasteiger partial charge in [0.05, 0.1) is 6.07 Å². The number of rotatable bonds is 0. The van der Waals surface area contributed by atoms with Crippen LogP contribution in [0.2, 0.25) is 0 Å². The van der Waals surface area contributed by atoms with Crippen molar-refractivity contribution in [2.45, 2.75) is 13.0 Å². The molecule has 0 N–H and O–H groups in total. The summed E-state index contributed by atoms with van der Waals surface area (Å²) in [6.45, 7) is 1.45. The van der Waals surface area contributed by atoms with Crippen LogP contribution in [0.3, 0.4) is 0 Å². The van der Waals surface area contributed by atoms with Crippen molar-refractivity contribution in [1.29, 1.82) is 5.26 Å². The number of amides is 1. The lowest BCUT2D eigenvalue weighted by Crippen LogP contribution is -2.30. The van der Waals surface area contributed by atoms with Gasteiger partial charge in [0.15, 0.2) is 0 Å². The van der Waals surface area contributed by atoms with Crippen LogP contribution in [0.1, 0.15) is 24.1 Å². The highest BCUT2D eigenvalue weighted by Crippen LogP contribution is 2.37. The number of nitrogens with zero attached hydrogens (tertiary/aromatic N) is 2. The topological polar surface area (TPSA) is 44.1 Å². The van der Waals surface area contributed by atoms with Crippen LogP contribution in [0.25, 0.3) is 4.48 Å². The first-order chi connectivity index (χ1) is 7.65. The number of hydrogen-bond acceptors (Lipinski definition) is 2. The average Bonchev–Trinajstić information content (AvgIpc) is 2.29. The monoisotopic (exact) mass is 276 g/mol. The van der Waals surface area contributed by atoms with Gasteiger partial charge >= 0.3 is 0 Å². The third-order valence-electron chi connectivity index (χ3n) is 2.53. The van der Waals surface area contributed by atoms with Crippen molar-refractivity contribution in [2.75, 3.05) is 0 Å². The lowest BCUT2D eigenvalue weighted by atomic mass is 9.97. The molecule has 0 aromatic heterocycles. The minimum atomic E-state index is -0.532. The molecular formula is C12H9BrN2O. The summed E-state index contributed by atoms with van der Waals surface area (Å²) < 4.78 is 0.824. The summed E-state index contributed by atoms with van der Waals surface area (Å²) in [7, 11) is 0. The second-order valence-electron chi connectivity index (χ2n) is 3.52. The van der Waals surface area contributed by atoms with Gasteiger partial charge in [-0.15, -0.1) is 0 Å². The van der Waals surface area contributed by atoms with Crippen LogP contribution in [-0.2, 0) is 4.79 Å². The number of benzene rings is 1. The predicted octanol–water partition coefficient (Wildman–Crippen LogP) is 2.81. The Labute approximate surface area is 102 Å². The van der Waals surface area contributed by atoms with Crippen LogP contribution >= 0.6 is 15.9 Å². The van der Waals surface area contributed by atoms with Crippen LogP contribution < -0.4 is 0 Å². The summed E-state index contributed by atoms with van der Waals surface area (Å²) >= 11 is 3.41. The number of fused-ring (bicyclic) bond motifs is 1. The van der Waals surface area contributed by atoms with E-state index >= 15 is 0 Å². The highest BCUT2D eigenvalue weighted by Gasteiger charge is 2.28. The Morgan fingerprint density at radius 1 is 1.50 bits per heavy atom. The molecule has 16 heavy (non-hydrogen) atoms. The normalized spacial score (nSPS) is 18.4. The summed E-state index contributed by atoms with van der Waals surface area (Å²) in [4.78, 5) is 12.9. The fourth-order valence-electron chi connectivity index (χ4n) is 1.77. The zero-order chi connectivity index (χ0) is 11.7. The molecule has 0 spiro atoms. The molecule has 0 bridgehead atoms. The van der Waals surface area contributed by atoms with Gasteiger partial charge in [-0.25, -0.2) is 0 Å². The fourth-order valence-corrected chi connectivity index (χ4v) is 2.36. The van der Waals surface area contributed by atoms with Crippen molar-refractivity contribution in [1.82, 2.24) is 4.90 Å². The summed E-state index contributed by atoms with van der Waals surface area (Å²) in [5.41, 5.74) is 1.82. The zero-order valence-electron chi connectivity index (χ0n) is 8.64. The quantitative estimate of drug-likeness (QED) is 0.731. The molecule has 0 fully saturated rings. The van der Waals surface area contributed by atoms with Gasteiger partial charge in [-0.05, 0) is 27.1 Å². The van der Waals surface area contributed by atoms with Crippen molar-refractivity contribution >= 4 is 26.3 Å². The van der Waals surface area contributed by atoms with Gasteiger partial charge in [-0.3, -0.25) is 9.69 Å². The Kier molecular flexibility index (Phi) is 2.80. The molecule has 1 heterocycles. The Morgan fingerprint density at radius 2 is 2.19 bits per heavy atom. The van der Waals surface area contributed by atoms with Crippen molar-refractivity contribution in [3.63, 3.8) is 0 Å². The molecule has 1 aliphatic heterocycles. The first-order valence-corrected chi connectivity index (χ1v) is 5.59. The van der Waals surface area contributed by atoms with Crippen molar-refractivity contribution in [3.8, 4) is 6.07 Å². The van der Waals surface area contributed by atoms with E-state index in [9.17, 15) is 4.79 Å². The number of carbonyl (C=O) groups is 1. The van der Waals surface area contributed by atoms with Crippen LogP contribution in [0.5, 0.6) is 0 Å². The SMILES string of the molecule is CC(=O)N1C=C(Br)c2ccccc2[C@@H]1C#N. The van der Waals surface area contributed by atoms with Crippen molar-refractivity contribution < 1.29 is 4.79 Å². The Hall–Kier alpha value is -1.60. The number of carbonyl (C=O) groups excluding carboxylic acids is 1. The Morgan fingerprint density at radius 3 is 2.81 bits per heavy atom. The maximum Gasteiger partial charge on any atom is 0.224 e. The van der Waals surface area contributed by atoms with E-state index in [1.54, 1.807) is 6.20 Å². The summed E-state index contributed by atoms with van der Waals surface area (Å²) in [5.74, 6) is -0.141. The standard InChI is InChI=1S/C12H9BrN2O/c1-8(16)15-7-11(13)9-4-2-3-5-10(9)12(15)6-14/h2-5,7,12H,1H3/t12-/m0/s1. The predicted molar refractivity (Wildman–Crippen MR) is 64.2 cm³/mol. The summed E-state index contributed by atoms with van der Waals surface area (Å²) in [6.07, 6.45) is 1.67. The van der Waals surface area contributed by atoms with Gasteiger partial charge in [-0.1, -0.05) is 24.3 Å². The first kappa shape index (κ1) is 10.9. The molecule has 1 amide bonds. The van der Waals surface area contributed by atoms with Gasteiger partial charge in [0.2, 0.25) is 5.91 Å². The molecule has 80 valence electrons. The van der Waals surface area contributed by atoms with Crippen molar-refractivity contribution in [2.24, 2.45) is 0 Å². The molecule has 0 saturated carbocycles. The Balaban J connectivity index is 2.60. The molecule has 1 aromatic rings. The molecular weight excluding hydrogens is 268 g/mol. The Bertz CT molecular complexity index is 516. The summed E-state index contributed by atoms with van der Waals surface area (Å²) in [5, 5.41) is 9.15. The molecule has 0 radical (unpaired) electrons. The molecule has 0 aliphatic carbocycles. The highest BCUT2D eigenvalue weighted by molar-refractivity contribution is 9.15. The second-order valence-corrected chi connectivity index (χ2v) is 4.38. The van der Waals surface area contributed by atoms with E-state index in [4.69, 9.17) is 5.26 Å². The number of halogens is 1. The van der Waals surface area contributed by atoms with Gasteiger partial charge < -0.3 is 0 Å². The highest BCUT2D eigenvalue weighted by atomic mass is 79.9. The number of hydrogen-bond donors (Lipinski definition) is 0. The van der Waals surface area contributed by atoms with Gasteiger partial charge in [0, 0.05) is 17.6 Å². The molecule has 0 unspecified atom stereocenters. The summed E-state index contributed by atoms with van der Waals surface area (Å²) in [6, 6.07) is 9.19. The lowest BCUT2D eigenvalue weighted by molar-refractivity contribution is -0.127.